The highest BCUT2D eigenvalue weighted by molar-refractivity contribution is 7.21. The van der Waals surface area contributed by atoms with Crippen molar-refractivity contribution in [3.05, 3.63) is 28.4 Å². The number of halogens is 1. The van der Waals surface area contributed by atoms with Gasteiger partial charge in [0.1, 0.15) is 10.7 Å². The third kappa shape index (κ3) is 2.69. The van der Waals surface area contributed by atoms with E-state index in [0.29, 0.717) is 14.7 Å². The van der Waals surface area contributed by atoms with Gasteiger partial charge in [0, 0.05) is 6.20 Å². The van der Waals surface area contributed by atoms with Crippen molar-refractivity contribution in [1.29, 1.82) is 0 Å². The lowest BCUT2D eigenvalue weighted by molar-refractivity contribution is -0.143. The van der Waals surface area contributed by atoms with Crippen LogP contribution in [0.25, 0.3) is 10.1 Å². The van der Waals surface area contributed by atoms with Gasteiger partial charge in [0.25, 0.3) is 5.91 Å². The van der Waals surface area contributed by atoms with Crippen LogP contribution in [0.3, 0.4) is 0 Å². The van der Waals surface area contributed by atoms with Crippen molar-refractivity contribution in [1.82, 2.24) is 10.3 Å². The zero-order chi connectivity index (χ0) is 14.2. The quantitative estimate of drug-likeness (QED) is 0.854. The Morgan fingerprint density at radius 2 is 2.16 bits per heavy atom. The van der Waals surface area contributed by atoms with Crippen molar-refractivity contribution in [2.45, 2.75) is 19.4 Å². The average Bonchev–Trinajstić information content (AvgIpc) is 2.73. The van der Waals surface area contributed by atoms with Crippen molar-refractivity contribution in [2.75, 3.05) is 0 Å². The first-order chi connectivity index (χ1) is 8.81. The van der Waals surface area contributed by atoms with Crippen LogP contribution in [0.4, 0.5) is 0 Å². The maximum absolute atomic E-state index is 12.0. The van der Waals surface area contributed by atoms with Gasteiger partial charge in [0.15, 0.2) is 0 Å². The molecule has 19 heavy (non-hydrogen) atoms. The van der Waals surface area contributed by atoms with Gasteiger partial charge >= 0.3 is 5.97 Å². The fraction of sp³-hybridized carbons (Fsp3) is 0.250. The standard InChI is InChI=1S/C12H11ClN2O3S/c1-12(2,11(17)18)15-10(16)7-5-6-3-4-14-9(13)8(6)19-7/h3-5H,1-2H3,(H,15,16)(H,17,18). The van der Waals surface area contributed by atoms with E-state index >= 15 is 0 Å². The third-order valence-electron chi connectivity index (χ3n) is 2.57. The molecule has 1 amide bonds. The van der Waals surface area contributed by atoms with Crippen LogP contribution in [-0.4, -0.2) is 27.5 Å². The number of hydrogen-bond donors (Lipinski definition) is 2. The molecule has 2 rings (SSSR count). The van der Waals surface area contributed by atoms with Crippen molar-refractivity contribution >= 4 is 44.9 Å². The number of thiophene rings is 1. The predicted molar refractivity (Wildman–Crippen MR) is 73.8 cm³/mol. The van der Waals surface area contributed by atoms with E-state index in [4.69, 9.17) is 16.7 Å². The lowest BCUT2D eigenvalue weighted by atomic mass is 10.1. The number of carboxylic acid groups (broad SMARTS) is 1. The molecule has 0 aliphatic heterocycles. The number of carbonyl (C=O) groups is 2. The molecule has 5 nitrogen and oxygen atoms in total. The summed E-state index contributed by atoms with van der Waals surface area (Å²) >= 11 is 7.12. The number of amides is 1. The van der Waals surface area contributed by atoms with Crippen molar-refractivity contribution in [3.8, 4) is 0 Å². The largest absolute Gasteiger partial charge is 0.480 e. The molecule has 0 bridgehead atoms. The van der Waals surface area contributed by atoms with Crippen molar-refractivity contribution in [2.24, 2.45) is 0 Å². The summed E-state index contributed by atoms with van der Waals surface area (Å²) in [5.74, 6) is -1.54. The number of carbonyl (C=O) groups excluding carboxylic acids is 1. The highest BCUT2D eigenvalue weighted by Crippen LogP contribution is 2.30. The summed E-state index contributed by atoms with van der Waals surface area (Å²) in [6.07, 6.45) is 1.56. The maximum Gasteiger partial charge on any atom is 0.328 e. The molecule has 0 aliphatic rings. The molecular formula is C12H11ClN2O3S. The molecule has 2 aromatic heterocycles. The number of nitrogens with one attached hydrogen (secondary N) is 1. The Bertz CT molecular complexity index is 666. The molecule has 0 saturated heterocycles. The van der Waals surface area contributed by atoms with Gasteiger partial charge in [-0.1, -0.05) is 11.6 Å². The van der Waals surface area contributed by atoms with E-state index < -0.39 is 17.4 Å². The predicted octanol–water partition coefficient (Wildman–Crippen LogP) is 2.54. The van der Waals surface area contributed by atoms with E-state index in [0.717, 1.165) is 5.39 Å². The second kappa shape index (κ2) is 4.79. The molecule has 0 spiro atoms. The number of fused-ring (bicyclic) bond motifs is 1. The number of pyridine rings is 1. The fourth-order valence-corrected chi connectivity index (χ4v) is 2.66. The van der Waals surface area contributed by atoms with Crippen LogP contribution in [0.2, 0.25) is 5.15 Å². The van der Waals surface area contributed by atoms with Crippen LogP contribution in [0.15, 0.2) is 18.3 Å². The molecule has 0 aromatic carbocycles. The second-order valence-electron chi connectivity index (χ2n) is 4.52. The van der Waals surface area contributed by atoms with E-state index in [1.807, 2.05) is 0 Å². The van der Waals surface area contributed by atoms with Gasteiger partial charge in [-0.25, -0.2) is 9.78 Å². The zero-order valence-corrected chi connectivity index (χ0v) is 11.8. The first kappa shape index (κ1) is 13.8. The second-order valence-corrected chi connectivity index (χ2v) is 5.93. The van der Waals surface area contributed by atoms with Gasteiger partial charge in [0.2, 0.25) is 0 Å². The lowest BCUT2D eigenvalue weighted by Crippen LogP contribution is -2.49. The first-order valence-corrected chi connectivity index (χ1v) is 6.60. The van der Waals surface area contributed by atoms with E-state index in [2.05, 4.69) is 10.3 Å². The topological polar surface area (TPSA) is 79.3 Å². The van der Waals surface area contributed by atoms with Crippen LogP contribution in [0.1, 0.15) is 23.5 Å². The molecule has 0 radical (unpaired) electrons. The van der Waals surface area contributed by atoms with Crippen LogP contribution in [0.5, 0.6) is 0 Å². The van der Waals surface area contributed by atoms with Crippen molar-refractivity contribution in [3.63, 3.8) is 0 Å². The Labute approximate surface area is 118 Å². The Morgan fingerprint density at radius 1 is 1.47 bits per heavy atom. The summed E-state index contributed by atoms with van der Waals surface area (Å²) in [5.41, 5.74) is -1.32. The molecule has 0 fully saturated rings. The summed E-state index contributed by atoms with van der Waals surface area (Å²) in [5, 5.41) is 12.6. The highest BCUT2D eigenvalue weighted by Gasteiger charge is 2.29. The summed E-state index contributed by atoms with van der Waals surface area (Å²) in [4.78, 5) is 27.3. The molecule has 0 atom stereocenters. The third-order valence-corrected chi connectivity index (χ3v) is 4.13. The average molecular weight is 299 g/mol. The number of carboxylic acids is 1. The minimum Gasteiger partial charge on any atom is -0.480 e. The minimum atomic E-state index is -1.32. The van der Waals surface area contributed by atoms with Crippen LogP contribution in [0, 0.1) is 0 Å². The minimum absolute atomic E-state index is 0.332. The molecule has 0 aliphatic carbocycles. The Hall–Kier alpha value is -1.66. The number of nitrogens with zero attached hydrogens (tertiary/aromatic N) is 1. The summed E-state index contributed by atoms with van der Waals surface area (Å²) < 4.78 is 0.711. The summed E-state index contributed by atoms with van der Waals surface area (Å²) in [7, 11) is 0. The zero-order valence-electron chi connectivity index (χ0n) is 10.2. The van der Waals surface area contributed by atoms with Gasteiger partial charge in [-0.2, -0.15) is 0 Å². The number of hydrogen-bond acceptors (Lipinski definition) is 4. The Balaban J connectivity index is 2.32. The highest BCUT2D eigenvalue weighted by atomic mass is 35.5. The molecule has 0 saturated carbocycles. The SMILES string of the molecule is CC(C)(NC(=O)c1cc2ccnc(Cl)c2s1)C(=O)O. The van der Waals surface area contributed by atoms with Crippen LogP contribution >= 0.6 is 22.9 Å². The fourth-order valence-electron chi connectivity index (χ4n) is 1.44. The van der Waals surface area contributed by atoms with E-state index in [1.54, 1.807) is 18.3 Å². The monoisotopic (exact) mass is 298 g/mol. The van der Waals surface area contributed by atoms with Gasteiger partial charge in [0.05, 0.1) is 9.58 Å². The summed E-state index contributed by atoms with van der Waals surface area (Å²) in [6.45, 7) is 2.85. The number of aromatic nitrogens is 1. The Morgan fingerprint density at radius 3 is 2.74 bits per heavy atom. The maximum atomic E-state index is 12.0. The van der Waals surface area contributed by atoms with E-state index in [1.165, 1.54) is 25.2 Å². The lowest BCUT2D eigenvalue weighted by Gasteiger charge is -2.20. The number of aliphatic carboxylic acids is 1. The molecular weight excluding hydrogens is 288 g/mol. The molecule has 0 unspecified atom stereocenters. The van der Waals surface area contributed by atoms with Crippen LogP contribution in [-0.2, 0) is 4.79 Å². The first-order valence-electron chi connectivity index (χ1n) is 5.41. The van der Waals surface area contributed by atoms with E-state index in [-0.39, 0.29) is 0 Å². The van der Waals surface area contributed by atoms with Crippen LogP contribution < -0.4 is 5.32 Å². The normalized spacial score (nSPS) is 11.5. The molecule has 2 heterocycles. The van der Waals surface area contributed by atoms with E-state index in [9.17, 15) is 9.59 Å². The molecule has 100 valence electrons. The van der Waals surface area contributed by atoms with Gasteiger partial charge in [-0.05, 0) is 31.4 Å². The van der Waals surface area contributed by atoms with Crippen molar-refractivity contribution < 1.29 is 14.7 Å². The van der Waals surface area contributed by atoms with Gasteiger partial charge < -0.3 is 10.4 Å². The molecule has 7 heteroatoms. The molecule has 2 N–H and O–H groups in total. The smallest absolute Gasteiger partial charge is 0.328 e. The number of rotatable bonds is 3. The molecule has 2 aromatic rings. The van der Waals surface area contributed by atoms with Gasteiger partial charge in [-0.15, -0.1) is 11.3 Å². The van der Waals surface area contributed by atoms with Gasteiger partial charge in [-0.3, -0.25) is 4.79 Å². The Kier molecular flexibility index (Phi) is 3.47. The summed E-state index contributed by atoms with van der Waals surface area (Å²) in [6, 6.07) is 3.41.